The van der Waals surface area contributed by atoms with E-state index in [1.807, 2.05) is 29.9 Å². The van der Waals surface area contributed by atoms with Gasteiger partial charge in [0.2, 0.25) is 0 Å². The molecule has 9 heteroatoms. The second-order valence-electron chi connectivity index (χ2n) is 7.81. The molecule has 5 nitrogen and oxygen atoms in total. The number of thiophene rings is 1. The molecule has 4 rings (SSSR count). The Hall–Kier alpha value is -2.66. The van der Waals surface area contributed by atoms with Crippen molar-refractivity contribution in [2.75, 3.05) is 6.67 Å². The van der Waals surface area contributed by atoms with Gasteiger partial charge in [0.1, 0.15) is 11.4 Å². The van der Waals surface area contributed by atoms with Crippen LogP contribution in [-0.2, 0) is 6.54 Å². The van der Waals surface area contributed by atoms with Gasteiger partial charge in [-0.2, -0.15) is 5.10 Å². The topological polar surface area (TPSA) is 48.5 Å². The molecule has 0 N–H and O–H groups in total. The molecule has 4 aromatic rings. The monoisotopic (exact) mass is 515 g/mol. The van der Waals surface area contributed by atoms with Crippen molar-refractivity contribution in [2.45, 2.75) is 46.1 Å². The van der Waals surface area contributed by atoms with Crippen molar-refractivity contribution in [2.24, 2.45) is 0 Å². The summed E-state index contributed by atoms with van der Waals surface area (Å²) in [4.78, 5) is 2.02. The van der Waals surface area contributed by atoms with Gasteiger partial charge in [-0.3, -0.25) is 9.07 Å². The fourth-order valence-corrected chi connectivity index (χ4v) is 5.00. The predicted octanol–water partition coefficient (Wildman–Crippen LogP) is 7.38. The molecule has 1 aromatic carbocycles. The maximum Gasteiger partial charge on any atom is 0.133 e. The summed E-state index contributed by atoms with van der Waals surface area (Å²) in [6, 6.07) is 9.44. The van der Waals surface area contributed by atoms with Crippen LogP contribution in [0.3, 0.4) is 0 Å². The Morgan fingerprint density at radius 1 is 1.15 bits per heavy atom. The van der Waals surface area contributed by atoms with Gasteiger partial charge in [0.25, 0.3) is 0 Å². The standard InChI is InChI=1S/C25H24Cl2FN5S/c1-3-4-5-8-19-10-12-23(34-19)25-17(2)24(21-16-32(31-29-21)14-7-6-13-28)30-33(25)22-11-9-18(26)15-20(22)27/h9-12,15-16H,3-4,6-7,13-14H2,1-2H3. The number of benzene rings is 1. The van der Waals surface area contributed by atoms with Crippen LogP contribution in [0.5, 0.6) is 0 Å². The number of hydrogen-bond acceptors (Lipinski definition) is 4. The Morgan fingerprint density at radius 2 is 2.00 bits per heavy atom. The Bertz CT molecular complexity index is 1350. The zero-order valence-corrected chi connectivity index (χ0v) is 21.3. The first-order chi connectivity index (χ1) is 16.5. The Balaban J connectivity index is 1.80. The largest absolute Gasteiger partial charge is 0.252 e. The third-order valence-corrected chi connectivity index (χ3v) is 6.78. The summed E-state index contributed by atoms with van der Waals surface area (Å²) < 4.78 is 16.0. The van der Waals surface area contributed by atoms with E-state index < -0.39 is 0 Å². The number of hydrogen-bond donors (Lipinski definition) is 0. The summed E-state index contributed by atoms with van der Waals surface area (Å²) >= 11 is 14.3. The zero-order chi connectivity index (χ0) is 24.1. The lowest BCUT2D eigenvalue weighted by atomic mass is 10.1. The van der Waals surface area contributed by atoms with Crippen molar-refractivity contribution < 1.29 is 4.39 Å². The van der Waals surface area contributed by atoms with Gasteiger partial charge in [0.05, 0.1) is 39.0 Å². The van der Waals surface area contributed by atoms with Crippen LogP contribution in [0.25, 0.3) is 27.6 Å². The molecule has 0 saturated heterocycles. The zero-order valence-electron chi connectivity index (χ0n) is 19.0. The highest BCUT2D eigenvalue weighted by Gasteiger charge is 2.23. The number of aromatic nitrogens is 5. The lowest BCUT2D eigenvalue weighted by Gasteiger charge is -2.09. The molecule has 34 heavy (non-hydrogen) atoms. The average Bonchev–Trinajstić information content (AvgIpc) is 3.53. The molecule has 0 unspecified atom stereocenters. The molecule has 0 aliphatic rings. The molecule has 0 aliphatic heterocycles. The summed E-state index contributed by atoms with van der Waals surface area (Å²) in [5.41, 5.74) is 3.96. The quantitative estimate of drug-likeness (QED) is 0.181. The Kier molecular flexibility index (Phi) is 8.04. The smallest absolute Gasteiger partial charge is 0.133 e. The van der Waals surface area contributed by atoms with E-state index in [0.717, 1.165) is 39.5 Å². The van der Waals surface area contributed by atoms with Gasteiger partial charge in [-0.1, -0.05) is 47.2 Å². The number of halogens is 3. The highest BCUT2D eigenvalue weighted by Crippen LogP contribution is 2.38. The first kappa shape index (κ1) is 24.5. The van der Waals surface area contributed by atoms with Crippen LogP contribution in [0.2, 0.25) is 10.0 Å². The van der Waals surface area contributed by atoms with E-state index in [1.165, 1.54) is 0 Å². The Morgan fingerprint density at radius 3 is 2.76 bits per heavy atom. The minimum Gasteiger partial charge on any atom is -0.252 e. The molecule has 3 aromatic heterocycles. The fraction of sp³-hybridized carbons (Fsp3) is 0.320. The summed E-state index contributed by atoms with van der Waals surface area (Å²) in [6.45, 7) is 4.41. The van der Waals surface area contributed by atoms with Gasteiger partial charge in [0.15, 0.2) is 0 Å². The third-order valence-electron chi connectivity index (χ3n) is 5.24. The lowest BCUT2D eigenvalue weighted by Crippen LogP contribution is -2.00. The van der Waals surface area contributed by atoms with Crippen LogP contribution in [0, 0.1) is 18.8 Å². The highest BCUT2D eigenvalue weighted by atomic mass is 35.5. The molecule has 3 heterocycles. The van der Waals surface area contributed by atoms with E-state index in [-0.39, 0.29) is 6.67 Å². The number of alkyl halides is 1. The van der Waals surface area contributed by atoms with Gasteiger partial charge in [-0.05, 0) is 56.5 Å². The Labute approximate surface area is 212 Å². The average molecular weight is 516 g/mol. The van der Waals surface area contributed by atoms with Crippen LogP contribution in [0.1, 0.15) is 43.0 Å². The van der Waals surface area contributed by atoms with E-state index >= 15 is 0 Å². The van der Waals surface area contributed by atoms with E-state index in [2.05, 4.69) is 35.1 Å². The molecule has 0 saturated carbocycles. The second-order valence-corrected chi connectivity index (χ2v) is 9.74. The van der Waals surface area contributed by atoms with E-state index in [0.29, 0.717) is 40.8 Å². The first-order valence-corrected chi connectivity index (χ1v) is 12.7. The van der Waals surface area contributed by atoms with Crippen molar-refractivity contribution in [3.8, 4) is 39.5 Å². The molecule has 176 valence electrons. The van der Waals surface area contributed by atoms with Gasteiger partial charge >= 0.3 is 0 Å². The summed E-state index contributed by atoms with van der Waals surface area (Å²) in [5, 5.41) is 14.5. The van der Waals surface area contributed by atoms with Gasteiger partial charge in [0, 0.05) is 23.6 Å². The van der Waals surface area contributed by atoms with E-state index in [9.17, 15) is 4.39 Å². The molecular formula is C25H24Cl2FN5S. The predicted molar refractivity (Wildman–Crippen MR) is 138 cm³/mol. The molecule has 0 atom stereocenters. The van der Waals surface area contributed by atoms with Crippen LogP contribution in [0.4, 0.5) is 4.39 Å². The van der Waals surface area contributed by atoms with E-state index in [4.69, 9.17) is 28.3 Å². The van der Waals surface area contributed by atoms with Gasteiger partial charge < -0.3 is 0 Å². The summed E-state index contributed by atoms with van der Waals surface area (Å²) in [5.74, 6) is 6.45. The minimum atomic E-state index is -0.331. The van der Waals surface area contributed by atoms with Crippen molar-refractivity contribution in [1.82, 2.24) is 24.8 Å². The van der Waals surface area contributed by atoms with Crippen molar-refractivity contribution in [1.29, 1.82) is 0 Å². The van der Waals surface area contributed by atoms with Crippen LogP contribution >= 0.6 is 34.5 Å². The maximum atomic E-state index is 12.5. The summed E-state index contributed by atoms with van der Waals surface area (Å²) in [6.07, 6.45) is 4.96. The molecule has 0 amide bonds. The van der Waals surface area contributed by atoms with Crippen molar-refractivity contribution >= 4 is 34.5 Å². The number of unbranched alkanes of at least 4 members (excludes halogenated alkanes) is 2. The normalized spacial score (nSPS) is 11.0. The second kappa shape index (κ2) is 11.2. The van der Waals surface area contributed by atoms with Crippen LogP contribution < -0.4 is 0 Å². The molecule has 0 bridgehead atoms. The van der Waals surface area contributed by atoms with Crippen molar-refractivity contribution in [3.05, 3.63) is 57.0 Å². The lowest BCUT2D eigenvalue weighted by molar-refractivity contribution is 0.437. The molecule has 0 fully saturated rings. The number of rotatable bonds is 8. The molecule has 0 spiro atoms. The molecule has 0 radical (unpaired) electrons. The van der Waals surface area contributed by atoms with Crippen molar-refractivity contribution in [3.63, 3.8) is 0 Å². The number of nitrogens with zero attached hydrogens (tertiary/aromatic N) is 5. The first-order valence-electron chi connectivity index (χ1n) is 11.1. The SMILES string of the molecule is CCCC#Cc1ccc(-c2c(C)c(-c3cn(CCCCF)nn3)nn2-c2ccc(Cl)cc2Cl)s1. The molecule has 0 aliphatic carbocycles. The third kappa shape index (κ3) is 5.35. The van der Waals surface area contributed by atoms with Crippen LogP contribution in [-0.4, -0.2) is 31.4 Å². The highest BCUT2D eigenvalue weighted by molar-refractivity contribution is 7.16. The van der Waals surface area contributed by atoms with Crippen LogP contribution in [0.15, 0.2) is 36.5 Å². The minimum absolute atomic E-state index is 0.331. The number of aryl methyl sites for hydroxylation is 1. The molecular weight excluding hydrogens is 492 g/mol. The summed E-state index contributed by atoms with van der Waals surface area (Å²) in [7, 11) is 0. The van der Waals surface area contributed by atoms with E-state index in [1.54, 1.807) is 28.2 Å². The van der Waals surface area contributed by atoms with Gasteiger partial charge in [-0.25, -0.2) is 4.68 Å². The fourth-order valence-electron chi connectivity index (χ4n) is 3.55. The van der Waals surface area contributed by atoms with Gasteiger partial charge in [-0.15, -0.1) is 16.4 Å². The maximum absolute atomic E-state index is 12.5.